The molecule has 34 heavy (non-hydrogen) atoms. The minimum atomic E-state index is -0.250. The van der Waals surface area contributed by atoms with Gasteiger partial charge < -0.3 is 19.4 Å². The fourth-order valence-electron chi connectivity index (χ4n) is 3.74. The van der Waals surface area contributed by atoms with Crippen LogP contribution in [0.5, 0.6) is 0 Å². The van der Waals surface area contributed by atoms with E-state index >= 15 is 0 Å². The Morgan fingerprint density at radius 3 is 2.50 bits per heavy atom. The van der Waals surface area contributed by atoms with Crippen LogP contribution < -0.4 is 16.5 Å². The Balaban J connectivity index is 1.69. The van der Waals surface area contributed by atoms with Gasteiger partial charge in [0.05, 0.1) is 16.6 Å². The van der Waals surface area contributed by atoms with Crippen molar-refractivity contribution in [2.75, 3.05) is 0 Å². The van der Waals surface area contributed by atoms with Gasteiger partial charge in [-0.3, -0.25) is 15.0 Å². The van der Waals surface area contributed by atoms with Crippen molar-refractivity contribution in [1.82, 2.24) is 19.4 Å². The number of hydrogen-bond donors (Lipinski definition) is 3. The highest BCUT2D eigenvalue weighted by molar-refractivity contribution is 6.42. The van der Waals surface area contributed by atoms with Gasteiger partial charge in [-0.25, -0.2) is 0 Å². The van der Waals surface area contributed by atoms with Crippen molar-refractivity contribution in [3.8, 4) is 11.1 Å². The maximum atomic E-state index is 13.1. The second kappa shape index (κ2) is 9.75. The first-order valence-electron chi connectivity index (χ1n) is 10.5. The molecule has 2 aromatic heterocycles. The Morgan fingerprint density at radius 2 is 1.82 bits per heavy atom. The molecule has 0 fully saturated rings. The van der Waals surface area contributed by atoms with Crippen molar-refractivity contribution in [3.05, 3.63) is 109 Å². The van der Waals surface area contributed by atoms with Crippen LogP contribution in [0.25, 0.3) is 11.1 Å². The lowest BCUT2D eigenvalue weighted by Crippen LogP contribution is -2.24. The fraction of sp³-hybridized carbons (Fsp3) is 0.160. The normalized spacial score (nSPS) is 10.9. The van der Waals surface area contributed by atoms with Gasteiger partial charge >= 0.3 is 0 Å². The first-order chi connectivity index (χ1) is 16.2. The molecule has 0 spiro atoms. The number of amides is 1. The molecule has 174 valence electrons. The Kier molecular flexibility index (Phi) is 6.77. The van der Waals surface area contributed by atoms with Gasteiger partial charge in [0.15, 0.2) is 0 Å². The third kappa shape index (κ3) is 5.16. The topological polar surface area (TPSA) is 95.7 Å². The van der Waals surface area contributed by atoms with E-state index in [0.717, 1.165) is 22.3 Å². The minimum Gasteiger partial charge on any atom is -0.348 e. The Morgan fingerprint density at radius 1 is 1.03 bits per heavy atom. The number of rotatable bonds is 6. The van der Waals surface area contributed by atoms with Gasteiger partial charge in [-0.15, -0.1) is 0 Å². The number of pyridine rings is 1. The van der Waals surface area contributed by atoms with Gasteiger partial charge in [-0.2, -0.15) is 0 Å². The zero-order valence-corrected chi connectivity index (χ0v) is 20.2. The monoisotopic (exact) mass is 495 g/mol. The highest BCUT2D eigenvalue weighted by atomic mass is 35.5. The molecule has 9 heteroatoms. The third-order valence-electron chi connectivity index (χ3n) is 5.55. The molecule has 0 aliphatic carbocycles. The molecular formula is C25H23Cl2N5O2. The number of carbonyl (C=O) groups excluding carboxylic acids is 1. The summed E-state index contributed by atoms with van der Waals surface area (Å²) in [7, 11) is 1.81. The first-order valence-corrected chi connectivity index (χ1v) is 11.3. The van der Waals surface area contributed by atoms with E-state index in [1.54, 1.807) is 40.4 Å². The van der Waals surface area contributed by atoms with Gasteiger partial charge in [0, 0.05) is 48.9 Å². The van der Waals surface area contributed by atoms with Crippen LogP contribution in [-0.4, -0.2) is 20.0 Å². The number of benzene rings is 2. The van der Waals surface area contributed by atoms with Gasteiger partial charge in [0.25, 0.3) is 5.91 Å². The summed E-state index contributed by atoms with van der Waals surface area (Å²) in [5.74, 6) is -0.250. The maximum Gasteiger partial charge on any atom is 0.251 e. The molecule has 1 amide bonds. The number of H-pyrrole nitrogens is 1. The molecule has 0 saturated carbocycles. The minimum absolute atomic E-state index is 0.185. The SMILES string of the molecule is Cc1[nH]c(=O)ccc1-c1cc(Cn2ccn(C)c2=N)cc(C(=O)NCc2ccc(Cl)c(Cl)c2)c1. The zero-order chi connectivity index (χ0) is 24.4. The van der Waals surface area contributed by atoms with E-state index in [0.29, 0.717) is 33.5 Å². The molecule has 0 unspecified atom stereocenters. The number of nitrogens with zero attached hydrogens (tertiary/aromatic N) is 2. The number of nitrogens with one attached hydrogen (secondary N) is 3. The summed E-state index contributed by atoms with van der Waals surface area (Å²) < 4.78 is 3.50. The molecule has 2 heterocycles. The van der Waals surface area contributed by atoms with Crippen LogP contribution in [0.2, 0.25) is 10.0 Å². The second-order valence-electron chi connectivity index (χ2n) is 8.07. The van der Waals surface area contributed by atoms with E-state index in [9.17, 15) is 9.59 Å². The fourth-order valence-corrected chi connectivity index (χ4v) is 4.06. The molecule has 0 saturated heterocycles. The lowest BCUT2D eigenvalue weighted by Gasteiger charge is -2.13. The quantitative estimate of drug-likeness (QED) is 0.372. The zero-order valence-electron chi connectivity index (χ0n) is 18.7. The van der Waals surface area contributed by atoms with Crippen molar-refractivity contribution in [2.45, 2.75) is 20.0 Å². The van der Waals surface area contributed by atoms with Crippen LogP contribution in [0.15, 0.2) is 65.7 Å². The number of aromatic amines is 1. The van der Waals surface area contributed by atoms with Crippen molar-refractivity contribution in [2.24, 2.45) is 7.05 Å². The molecule has 0 radical (unpaired) electrons. The van der Waals surface area contributed by atoms with E-state index in [-0.39, 0.29) is 18.0 Å². The average molecular weight is 496 g/mol. The van der Waals surface area contributed by atoms with Crippen LogP contribution in [0.1, 0.15) is 27.2 Å². The number of aromatic nitrogens is 3. The van der Waals surface area contributed by atoms with Crippen LogP contribution in [0, 0.1) is 12.3 Å². The van der Waals surface area contributed by atoms with Crippen molar-refractivity contribution >= 4 is 29.1 Å². The predicted molar refractivity (Wildman–Crippen MR) is 133 cm³/mol. The number of imidazole rings is 1. The summed E-state index contributed by atoms with van der Waals surface area (Å²) in [5.41, 5.74) is 4.65. The maximum absolute atomic E-state index is 13.1. The summed E-state index contributed by atoms with van der Waals surface area (Å²) in [4.78, 5) is 27.6. The van der Waals surface area contributed by atoms with Crippen molar-refractivity contribution < 1.29 is 4.79 Å². The highest BCUT2D eigenvalue weighted by Gasteiger charge is 2.13. The van der Waals surface area contributed by atoms with Crippen molar-refractivity contribution in [3.63, 3.8) is 0 Å². The molecule has 0 aliphatic rings. The smallest absolute Gasteiger partial charge is 0.251 e. The summed E-state index contributed by atoms with van der Waals surface area (Å²) in [6, 6.07) is 14.0. The lowest BCUT2D eigenvalue weighted by molar-refractivity contribution is 0.0951. The number of aryl methyl sites for hydroxylation is 2. The van der Waals surface area contributed by atoms with Gasteiger partial charge in [0.2, 0.25) is 11.2 Å². The van der Waals surface area contributed by atoms with E-state index in [4.69, 9.17) is 28.6 Å². The van der Waals surface area contributed by atoms with E-state index < -0.39 is 0 Å². The molecular weight excluding hydrogens is 473 g/mol. The van der Waals surface area contributed by atoms with E-state index in [1.165, 1.54) is 6.07 Å². The molecule has 3 N–H and O–H groups in total. The van der Waals surface area contributed by atoms with Crippen LogP contribution in [-0.2, 0) is 20.1 Å². The van der Waals surface area contributed by atoms with Gasteiger partial charge in [0.1, 0.15) is 0 Å². The number of halogens is 2. The predicted octanol–water partition coefficient (Wildman–Crippen LogP) is 4.25. The van der Waals surface area contributed by atoms with Gasteiger partial charge in [-0.05, 0) is 60.0 Å². The van der Waals surface area contributed by atoms with E-state index in [2.05, 4.69) is 10.3 Å². The molecule has 0 atom stereocenters. The summed E-state index contributed by atoms with van der Waals surface area (Å²) in [6.07, 6.45) is 3.63. The average Bonchev–Trinajstić information content (AvgIpc) is 3.11. The molecule has 0 aliphatic heterocycles. The van der Waals surface area contributed by atoms with Crippen LogP contribution >= 0.6 is 23.2 Å². The molecule has 7 nitrogen and oxygen atoms in total. The third-order valence-corrected chi connectivity index (χ3v) is 6.29. The van der Waals surface area contributed by atoms with E-state index in [1.807, 2.05) is 37.5 Å². The Hall–Kier alpha value is -3.55. The highest BCUT2D eigenvalue weighted by Crippen LogP contribution is 2.25. The molecule has 4 aromatic rings. The number of carbonyl (C=O) groups is 1. The summed E-state index contributed by atoms with van der Waals surface area (Å²) >= 11 is 12.1. The van der Waals surface area contributed by atoms with Crippen molar-refractivity contribution in [1.29, 1.82) is 5.41 Å². The van der Waals surface area contributed by atoms with Gasteiger partial charge in [-0.1, -0.05) is 29.3 Å². The summed E-state index contributed by atoms with van der Waals surface area (Å²) in [5, 5.41) is 12.0. The van der Waals surface area contributed by atoms with Crippen LogP contribution in [0.4, 0.5) is 0 Å². The largest absolute Gasteiger partial charge is 0.348 e. The first kappa shape index (κ1) is 23.6. The molecule has 0 bridgehead atoms. The standard InChI is InChI=1S/C25H23Cl2N5O2/c1-15-20(4-6-23(33)30-15)18-9-17(14-32-8-7-31(2)25(32)28)10-19(12-18)24(34)29-13-16-3-5-21(26)22(27)11-16/h3-12,28H,13-14H2,1-2H3,(H,29,34)(H,30,33). The summed E-state index contributed by atoms with van der Waals surface area (Å²) in [6.45, 7) is 2.53. The lowest BCUT2D eigenvalue weighted by atomic mass is 9.98. The number of hydrogen-bond acceptors (Lipinski definition) is 3. The molecule has 2 aromatic carbocycles. The molecule has 4 rings (SSSR count). The van der Waals surface area contributed by atoms with Crippen LogP contribution in [0.3, 0.4) is 0 Å². The Bertz CT molecular complexity index is 1500. The second-order valence-corrected chi connectivity index (χ2v) is 8.89. The Labute approximate surface area is 206 Å².